The number of halogens is 4. The molecule has 0 spiro atoms. The normalized spacial score (nSPS) is 11.2. The summed E-state index contributed by atoms with van der Waals surface area (Å²) in [6, 6.07) is 11.0. The first kappa shape index (κ1) is 17.9. The van der Waals surface area contributed by atoms with Gasteiger partial charge in [-0.15, -0.1) is 0 Å². The maximum Gasteiger partial charge on any atom is 0.416 e. The summed E-state index contributed by atoms with van der Waals surface area (Å²) in [5, 5.41) is 2.89. The van der Waals surface area contributed by atoms with Crippen molar-refractivity contribution in [3.05, 3.63) is 77.2 Å². The molecule has 0 fully saturated rings. The molecular weight excluding hydrogens is 367 g/mol. The summed E-state index contributed by atoms with van der Waals surface area (Å²) in [4.78, 5) is 20.3. The standard InChI is InChI=1S/C18H11ClF3N3O/c19-15-4-2-1-3-13(15)17(26)25-16-14(9-23-10-24-16)11-5-7-12(8-6-11)18(20,21)22/h1-10H,(H,23,24,25,26). The Labute approximate surface area is 151 Å². The summed E-state index contributed by atoms with van der Waals surface area (Å²) in [5.41, 5.74) is 0.320. The lowest BCUT2D eigenvalue weighted by molar-refractivity contribution is -0.137. The van der Waals surface area contributed by atoms with Gasteiger partial charge in [0.05, 0.1) is 16.1 Å². The maximum absolute atomic E-state index is 12.7. The molecule has 0 saturated carbocycles. The molecule has 0 radical (unpaired) electrons. The zero-order valence-corrected chi connectivity index (χ0v) is 13.8. The van der Waals surface area contributed by atoms with E-state index in [2.05, 4.69) is 15.3 Å². The van der Waals surface area contributed by atoms with E-state index in [1.165, 1.54) is 24.7 Å². The van der Waals surface area contributed by atoms with E-state index in [-0.39, 0.29) is 16.4 Å². The average molecular weight is 378 g/mol. The molecule has 1 amide bonds. The second kappa shape index (κ2) is 7.13. The summed E-state index contributed by atoms with van der Waals surface area (Å²) in [5.74, 6) is -0.313. The highest BCUT2D eigenvalue weighted by Crippen LogP contribution is 2.32. The van der Waals surface area contributed by atoms with E-state index < -0.39 is 17.6 Å². The van der Waals surface area contributed by atoms with Gasteiger partial charge in [-0.25, -0.2) is 9.97 Å². The van der Waals surface area contributed by atoms with Gasteiger partial charge in [-0.3, -0.25) is 4.79 Å². The Morgan fingerprint density at radius 1 is 1.04 bits per heavy atom. The molecule has 132 valence electrons. The highest BCUT2D eigenvalue weighted by molar-refractivity contribution is 6.34. The number of hydrogen-bond donors (Lipinski definition) is 1. The lowest BCUT2D eigenvalue weighted by Gasteiger charge is -2.11. The minimum atomic E-state index is -4.42. The van der Waals surface area contributed by atoms with E-state index in [1.54, 1.807) is 24.3 Å². The van der Waals surface area contributed by atoms with Crippen LogP contribution in [0.2, 0.25) is 5.02 Å². The average Bonchev–Trinajstić information content (AvgIpc) is 2.62. The van der Waals surface area contributed by atoms with Crippen LogP contribution in [0.5, 0.6) is 0 Å². The van der Waals surface area contributed by atoms with Gasteiger partial charge in [-0.05, 0) is 29.8 Å². The number of anilines is 1. The van der Waals surface area contributed by atoms with Crippen LogP contribution in [0.25, 0.3) is 11.1 Å². The topological polar surface area (TPSA) is 54.9 Å². The van der Waals surface area contributed by atoms with Gasteiger partial charge >= 0.3 is 6.18 Å². The second-order valence-electron chi connectivity index (χ2n) is 5.29. The number of hydrogen-bond acceptors (Lipinski definition) is 3. The second-order valence-corrected chi connectivity index (χ2v) is 5.70. The number of rotatable bonds is 3. The predicted molar refractivity (Wildman–Crippen MR) is 91.9 cm³/mol. The number of carbonyl (C=O) groups is 1. The van der Waals surface area contributed by atoms with Crippen molar-refractivity contribution in [3.63, 3.8) is 0 Å². The third-order valence-corrected chi connectivity index (χ3v) is 3.92. The van der Waals surface area contributed by atoms with E-state index in [1.807, 2.05) is 0 Å². The fraction of sp³-hybridized carbons (Fsp3) is 0.0556. The number of benzene rings is 2. The molecule has 1 aromatic heterocycles. The summed E-state index contributed by atoms with van der Waals surface area (Å²) < 4.78 is 38.1. The number of alkyl halides is 3. The van der Waals surface area contributed by atoms with Crippen LogP contribution in [0.4, 0.5) is 19.0 Å². The molecule has 4 nitrogen and oxygen atoms in total. The SMILES string of the molecule is O=C(Nc1ncncc1-c1ccc(C(F)(F)F)cc1)c1ccccc1Cl. The fourth-order valence-electron chi connectivity index (χ4n) is 2.30. The van der Waals surface area contributed by atoms with E-state index >= 15 is 0 Å². The van der Waals surface area contributed by atoms with Crippen LogP contribution in [-0.4, -0.2) is 15.9 Å². The van der Waals surface area contributed by atoms with Gasteiger partial charge < -0.3 is 5.32 Å². The fourth-order valence-corrected chi connectivity index (χ4v) is 2.52. The first-order valence-corrected chi connectivity index (χ1v) is 7.77. The van der Waals surface area contributed by atoms with Crippen molar-refractivity contribution in [3.8, 4) is 11.1 Å². The third kappa shape index (κ3) is 3.83. The lowest BCUT2D eigenvalue weighted by Crippen LogP contribution is -2.14. The van der Waals surface area contributed by atoms with E-state index in [0.29, 0.717) is 11.1 Å². The van der Waals surface area contributed by atoms with Gasteiger partial charge in [0.25, 0.3) is 5.91 Å². The van der Waals surface area contributed by atoms with Crippen LogP contribution in [-0.2, 0) is 6.18 Å². The zero-order valence-electron chi connectivity index (χ0n) is 13.1. The molecule has 2 aromatic carbocycles. The number of nitrogens with zero attached hydrogens (tertiary/aromatic N) is 2. The van der Waals surface area contributed by atoms with Gasteiger partial charge in [0, 0.05) is 11.8 Å². The van der Waals surface area contributed by atoms with Crippen LogP contribution < -0.4 is 5.32 Å². The van der Waals surface area contributed by atoms with Crippen molar-refractivity contribution < 1.29 is 18.0 Å². The van der Waals surface area contributed by atoms with Crippen molar-refractivity contribution in [1.82, 2.24) is 9.97 Å². The van der Waals surface area contributed by atoms with Crippen molar-refractivity contribution in [1.29, 1.82) is 0 Å². The van der Waals surface area contributed by atoms with Crippen molar-refractivity contribution in [2.45, 2.75) is 6.18 Å². The minimum Gasteiger partial charge on any atom is -0.306 e. The molecule has 8 heteroatoms. The molecule has 0 atom stereocenters. The Balaban J connectivity index is 1.92. The minimum absolute atomic E-state index is 0.171. The van der Waals surface area contributed by atoms with Crippen molar-refractivity contribution in [2.24, 2.45) is 0 Å². The monoisotopic (exact) mass is 377 g/mol. The summed E-state index contributed by atoms with van der Waals surface area (Å²) in [7, 11) is 0. The van der Waals surface area contributed by atoms with Gasteiger partial charge in [0.2, 0.25) is 0 Å². The van der Waals surface area contributed by atoms with Crippen molar-refractivity contribution >= 4 is 23.3 Å². The van der Waals surface area contributed by atoms with Gasteiger partial charge in [-0.2, -0.15) is 13.2 Å². The molecule has 26 heavy (non-hydrogen) atoms. The van der Waals surface area contributed by atoms with Crippen LogP contribution in [0.15, 0.2) is 61.1 Å². The summed E-state index contributed by atoms with van der Waals surface area (Å²) in [6.45, 7) is 0. The Morgan fingerprint density at radius 3 is 2.38 bits per heavy atom. The molecule has 0 aliphatic carbocycles. The lowest BCUT2D eigenvalue weighted by atomic mass is 10.1. The van der Waals surface area contributed by atoms with E-state index in [0.717, 1.165) is 12.1 Å². The van der Waals surface area contributed by atoms with Gasteiger partial charge in [-0.1, -0.05) is 35.9 Å². The highest BCUT2D eigenvalue weighted by Gasteiger charge is 2.30. The molecule has 0 aliphatic rings. The molecule has 1 heterocycles. The Kier molecular flexibility index (Phi) is 4.90. The number of aromatic nitrogens is 2. The van der Waals surface area contributed by atoms with Gasteiger partial charge in [0.15, 0.2) is 0 Å². The van der Waals surface area contributed by atoms with Crippen molar-refractivity contribution in [2.75, 3.05) is 5.32 Å². The number of nitrogens with one attached hydrogen (secondary N) is 1. The Hall–Kier alpha value is -2.93. The molecule has 0 bridgehead atoms. The molecule has 0 aliphatic heterocycles. The van der Waals surface area contributed by atoms with E-state index in [4.69, 9.17) is 11.6 Å². The van der Waals surface area contributed by atoms with Crippen LogP contribution >= 0.6 is 11.6 Å². The molecule has 1 N–H and O–H groups in total. The summed E-state index contributed by atoms with van der Waals surface area (Å²) in [6.07, 6.45) is -1.78. The predicted octanol–water partition coefficient (Wildman–Crippen LogP) is 5.07. The Morgan fingerprint density at radius 2 is 1.73 bits per heavy atom. The molecule has 0 unspecified atom stereocenters. The van der Waals surface area contributed by atoms with Crippen LogP contribution in [0, 0.1) is 0 Å². The van der Waals surface area contributed by atoms with E-state index in [9.17, 15) is 18.0 Å². The smallest absolute Gasteiger partial charge is 0.306 e. The zero-order chi connectivity index (χ0) is 18.7. The summed E-state index contributed by atoms with van der Waals surface area (Å²) >= 11 is 6.00. The first-order valence-electron chi connectivity index (χ1n) is 7.40. The number of amides is 1. The molecule has 0 saturated heterocycles. The van der Waals surface area contributed by atoms with Gasteiger partial charge in [0.1, 0.15) is 12.1 Å². The quantitative estimate of drug-likeness (QED) is 0.693. The Bertz CT molecular complexity index is 943. The largest absolute Gasteiger partial charge is 0.416 e. The number of carbonyl (C=O) groups excluding carboxylic acids is 1. The third-order valence-electron chi connectivity index (χ3n) is 3.59. The first-order chi connectivity index (χ1) is 12.4. The molecular formula is C18H11ClF3N3O. The molecule has 3 aromatic rings. The van der Waals surface area contributed by atoms with Crippen LogP contribution in [0.1, 0.15) is 15.9 Å². The highest BCUT2D eigenvalue weighted by atomic mass is 35.5. The van der Waals surface area contributed by atoms with Crippen LogP contribution in [0.3, 0.4) is 0 Å². The molecule has 3 rings (SSSR count). The maximum atomic E-state index is 12.7.